The van der Waals surface area contributed by atoms with Gasteiger partial charge < -0.3 is 15.0 Å². The first-order chi connectivity index (χ1) is 9.52. The summed E-state index contributed by atoms with van der Waals surface area (Å²) in [6.07, 6.45) is 2.10. The van der Waals surface area contributed by atoms with E-state index in [1.165, 1.54) is 0 Å². The van der Waals surface area contributed by atoms with E-state index in [-0.39, 0.29) is 5.60 Å². The first-order valence-electron chi connectivity index (χ1n) is 6.82. The van der Waals surface area contributed by atoms with E-state index in [0.29, 0.717) is 11.3 Å². The fourth-order valence-electron chi connectivity index (χ4n) is 2.92. The van der Waals surface area contributed by atoms with Crippen LogP contribution in [0.15, 0.2) is 18.2 Å². The minimum Gasteiger partial charge on any atom is -0.377 e. The number of fused-ring (bicyclic) bond motifs is 1. The normalized spacial score (nSPS) is 25.6. The van der Waals surface area contributed by atoms with Crippen molar-refractivity contribution in [1.29, 1.82) is 0 Å². The fraction of sp³-hybridized carbons (Fsp3) is 0.467. The van der Waals surface area contributed by atoms with Gasteiger partial charge in [-0.15, -0.1) is 0 Å². The monoisotopic (exact) mass is 274 g/mol. The average molecular weight is 274 g/mol. The van der Waals surface area contributed by atoms with Crippen molar-refractivity contribution in [3.63, 3.8) is 0 Å². The van der Waals surface area contributed by atoms with Crippen molar-refractivity contribution < 1.29 is 14.3 Å². The van der Waals surface area contributed by atoms with Crippen molar-refractivity contribution in [3.8, 4) is 0 Å². The summed E-state index contributed by atoms with van der Waals surface area (Å²) in [6, 6.07) is 5.50. The molecule has 0 spiro atoms. The number of carbonyl (C=O) groups is 2. The highest BCUT2D eigenvalue weighted by Gasteiger charge is 2.32. The predicted molar refractivity (Wildman–Crippen MR) is 76.3 cm³/mol. The number of piperidine rings is 1. The lowest BCUT2D eigenvalue weighted by Crippen LogP contribution is -2.47. The molecule has 1 aromatic rings. The molecule has 20 heavy (non-hydrogen) atoms. The van der Waals surface area contributed by atoms with Gasteiger partial charge in [-0.3, -0.25) is 9.59 Å². The van der Waals surface area contributed by atoms with Crippen molar-refractivity contribution in [1.82, 2.24) is 0 Å². The molecule has 2 heterocycles. The molecule has 106 valence electrons. The van der Waals surface area contributed by atoms with Crippen LogP contribution in [0.25, 0.3) is 0 Å². The second kappa shape index (κ2) is 4.59. The Bertz CT molecular complexity index is 584. The molecule has 1 amide bonds. The van der Waals surface area contributed by atoms with Gasteiger partial charge in [0, 0.05) is 25.9 Å². The van der Waals surface area contributed by atoms with Gasteiger partial charge in [0.1, 0.15) is 0 Å². The standard InChI is InChI=1S/C15H18N2O3/c1-15(20-2)6-3-7-17(9-15)10-4-5-11-12(8-10)16-14(19)13(11)18/h4-5,8H,3,6-7,9H2,1-2H3,(H,16,18,19). The predicted octanol–water partition coefficient (Wildman–Crippen LogP) is 1.83. The second-order valence-corrected chi connectivity index (χ2v) is 5.69. The number of nitrogens with zero attached hydrogens (tertiary/aromatic N) is 1. The van der Waals surface area contributed by atoms with Gasteiger partial charge in [-0.05, 0) is 38.0 Å². The van der Waals surface area contributed by atoms with E-state index < -0.39 is 11.7 Å². The van der Waals surface area contributed by atoms with E-state index >= 15 is 0 Å². The van der Waals surface area contributed by atoms with E-state index in [9.17, 15) is 9.59 Å². The zero-order chi connectivity index (χ0) is 14.3. The maximum absolute atomic E-state index is 11.6. The number of amides is 1. The third-order valence-corrected chi connectivity index (χ3v) is 4.22. The Morgan fingerprint density at radius 2 is 2.15 bits per heavy atom. The summed E-state index contributed by atoms with van der Waals surface area (Å²) >= 11 is 0. The second-order valence-electron chi connectivity index (χ2n) is 5.69. The average Bonchev–Trinajstić information content (AvgIpc) is 2.74. The lowest BCUT2D eigenvalue weighted by molar-refractivity contribution is -0.112. The molecule has 1 fully saturated rings. The number of ketones is 1. The number of methoxy groups -OCH3 is 1. The SMILES string of the molecule is COC1(C)CCCN(c2ccc3c(c2)NC(=O)C3=O)C1. The van der Waals surface area contributed by atoms with Crippen LogP contribution in [0.2, 0.25) is 0 Å². The molecular weight excluding hydrogens is 256 g/mol. The maximum atomic E-state index is 11.6. The number of hydrogen-bond donors (Lipinski definition) is 1. The van der Waals surface area contributed by atoms with E-state index in [1.54, 1.807) is 13.2 Å². The van der Waals surface area contributed by atoms with Crippen LogP contribution in [0.1, 0.15) is 30.1 Å². The molecule has 0 bridgehead atoms. The zero-order valence-electron chi connectivity index (χ0n) is 11.7. The summed E-state index contributed by atoms with van der Waals surface area (Å²) in [5.74, 6) is -0.996. The van der Waals surface area contributed by atoms with Crippen LogP contribution >= 0.6 is 0 Å². The molecule has 5 nitrogen and oxygen atoms in total. The summed E-state index contributed by atoms with van der Waals surface area (Å²) in [7, 11) is 1.74. The van der Waals surface area contributed by atoms with Gasteiger partial charge in [0.2, 0.25) is 0 Å². The molecule has 1 N–H and O–H groups in total. The number of hydrogen-bond acceptors (Lipinski definition) is 4. The van der Waals surface area contributed by atoms with Crippen molar-refractivity contribution in [3.05, 3.63) is 23.8 Å². The molecule has 1 atom stereocenters. The first-order valence-corrected chi connectivity index (χ1v) is 6.82. The largest absolute Gasteiger partial charge is 0.377 e. The molecule has 0 aliphatic carbocycles. The highest BCUT2D eigenvalue weighted by atomic mass is 16.5. The van der Waals surface area contributed by atoms with Crippen LogP contribution in [0.5, 0.6) is 0 Å². The van der Waals surface area contributed by atoms with Gasteiger partial charge in [-0.2, -0.15) is 0 Å². The molecule has 2 aliphatic heterocycles. The first kappa shape index (κ1) is 13.1. The van der Waals surface area contributed by atoms with Crippen LogP contribution in [-0.4, -0.2) is 37.5 Å². The summed E-state index contributed by atoms with van der Waals surface area (Å²) in [4.78, 5) is 25.2. The van der Waals surface area contributed by atoms with Gasteiger partial charge in [0.15, 0.2) is 0 Å². The minimum atomic E-state index is -0.544. The molecule has 1 unspecified atom stereocenters. The number of anilines is 2. The zero-order valence-corrected chi connectivity index (χ0v) is 11.7. The lowest BCUT2D eigenvalue weighted by Gasteiger charge is -2.40. The van der Waals surface area contributed by atoms with Gasteiger partial charge in [0.05, 0.1) is 16.9 Å². The van der Waals surface area contributed by atoms with Gasteiger partial charge in [-0.25, -0.2) is 0 Å². The highest BCUT2D eigenvalue weighted by molar-refractivity contribution is 6.51. The Morgan fingerprint density at radius 3 is 2.90 bits per heavy atom. The fourth-order valence-corrected chi connectivity index (χ4v) is 2.92. The number of benzene rings is 1. The molecule has 2 aliphatic rings. The number of Topliss-reactive ketones (excluding diaryl/α,β-unsaturated/α-hetero) is 1. The Kier molecular flexibility index (Phi) is 3.01. The summed E-state index contributed by atoms with van der Waals surface area (Å²) in [5.41, 5.74) is 1.95. The maximum Gasteiger partial charge on any atom is 0.296 e. The van der Waals surface area contributed by atoms with E-state index in [0.717, 1.165) is 31.6 Å². The Labute approximate surface area is 117 Å². The van der Waals surface area contributed by atoms with Crippen molar-refractivity contribution in [2.75, 3.05) is 30.4 Å². The molecular formula is C15H18N2O3. The van der Waals surface area contributed by atoms with E-state index in [1.807, 2.05) is 12.1 Å². The Balaban J connectivity index is 1.87. The van der Waals surface area contributed by atoms with Crippen molar-refractivity contribution in [2.24, 2.45) is 0 Å². The summed E-state index contributed by atoms with van der Waals surface area (Å²) in [5, 5.41) is 2.61. The molecule has 0 aromatic heterocycles. The number of rotatable bonds is 2. The summed E-state index contributed by atoms with van der Waals surface area (Å²) < 4.78 is 5.59. The van der Waals surface area contributed by atoms with Crippen LogP contribution < -0.4 is 10.2 Å². The quantitative estimate of drug-likeness (QED) is 0.836. The topological polar surface area (TPSA) is 58.6 Å². The van der Waals surface area contributed by atoms with Crippen LogP contribution in [0.4, 0.5) is 11.4 Å². The molecule has 0 saturated carbocycles. The molecule has 3 rings (SSSR count). The number of ether oxygens (including phenoxy) is 1. The lowest BCUT2D eigenvalue weighted by atomic mass is 9.94. The van der Waals surface area contributed by atoms with E-state index in [4.69, 9.17) is 4.74 Å². The van der Waals surface area contributed by atoms with Gasteiger partial charge in [-0.1, -0.05) is 0 Å². The van der Waals surface area contributed by atoms with Gasteiger partial charge >= 0.3 is 0 Å². The highest BCUT2D eigenvalue weighted by Crippen LogP contribution is 2.32. The third-order valence-electron chi connectivity index (χ3n) is 4.22. The number of nitrogens with one attached hydrogen (secondary N) is 1. The Hall–Kier alpha value is -1.88. The minimum absolute atomic E-state index is 0.143. The smallest absolute Gasteiger partial charge is 0.296 e. The summed E-state index contributed by atoms with van der Waals surface area (Å²) in [6.45, 7) is 3.88. The van der Waals surface area contributed by atoms with Gasteiger partial charge in [0.25, 0.3) is 11.7 Å². The van der Waals surface area contributed by atoms with Crippen LogP contribution in [0.3, 0.4) is 0 Å². The number of carbonyl (C=O) groups excluding carboxylic acids is 2. The van der Waals surface area contributed by atoms with E-state index in [2.05, 4.69) is 17.1 Å². The molecule has 1 saturated heterocycles. The van der Waals surface area contributed by atoms with Crippen LogP contribution in [0, 0.1) is 0 Å². The Morgan fingerprint density at radius 1 is 1.35 bits per heavy atom. The third kappa shape index (κ3) is 2.08. The van der Waals surface area contributed by atoms with Crippen molar-refractivity contribution >= 4 is 23.1 Å². The van der Waals surface area contributed by atoms with Crippen molar-refractivity contribution in [2.45, 2.75) is 25.4 Å². The molecule has 0 radical (unpaired) electrons. The molecule has 5 heteroatoms. The molecule has 1 aromatic carbocycles. The van der Waals surface area contributed by atoms with Crippen LogP contribution in [-0.2, 0) is 9.53 Å².